The average molecular weight is 284 g/mol. The van der Waals surface area contributed by atoms with Gasteiger partial charge in [0, 0.05) is 25.8 Å². The van der Waals surface area contributed by atoms with E-state index in [1.54, 1.807) is 7.11 Å². The molecule has 1 aliphatic carbocycles. The van der Waals surface area contributed by atoms with E-state index < -0.39 is 0 Å². The van der Waals surface area contributed by atoms with Gasteiger partial charge in [-0.3, -0.25) is 0 Å². The van der Waals surface area contributed by atoms with Crippen LogP contribution in [0, 0.1) is 12.8 Å². The zero-order valence-electron chi connectivity index (χ0n) is 11.9. The van der Waals surface area contributed by atoms with E-state index in [1.165, 1.54) is 19.3 Å². The summed E-state index contributed by atoms with van der Waals surface area (Å²) in [5.41, 5.74) is 0. The van der Waals surface area contributed by atoms with Crippen LogP contribution in [0.15, 0.2) is 6.07 Å². The predicted octanol–water partition coefficient (Wildman–Crippen LogP) is 3.08. The monoisotopic (exact) mass is 283 g/mol. The molecule has 1 heterocycles. The Bertz CT molecular complexity index is 407. The second-order valence-corrected chi connectivity index (χ2v) is 5.74. The van der Waals surface area contributed by atoms with Crippen molar-refractivity contribution >= 4 is 17.4 Å². The standard InChI is InChI=1S/C14H22ClN3O/c1-10-4-5-12(8-10)18(6-7-19-3)14-9-13(15)16-11(2)17-14/h9-10,12H,4-8H2,1-3H3. The lowest BCUT2D eigenvalue weighted by molar-refractivity contribution is 0.202. The lowest BCUT2D eigenvalue weighted by Gasteiger charge is -2.30. The van der Waals surface area contributed by atoms with Crippen molar-refractivity contribution in [2.45, 2.75) is 39.2 Å². The topological polar surface area (TPSA) is 38.2 Å². The van der Waals surface area contributed by atoms with Gasteiger partial charge in [-0.25, -0.2) is 9.97 Å². The number of nitrogens with zero attached hydrogens (tertiary/aromatic N) is 3. The van der Waals surface area contributed by atoms with E-state index in [0.29, 0.717) is 17.8 Å². The first-order valence-electron chi connectivity index (χ1n) is 6.87. The van der Waals surface area contributed by atoms with Crippen LogP contribution < -0.4 is 4.90 Å². The molecule has 2 atom stereocenters. The van der Waals surface area contributed by atoms with Crippen molar-refractivity contribution in [3.8, 4) is 0 Å². The molecule has 106 valence electrons. The molecule has 2 rings (SSSR count). The molecule has 0 spiro atoms. The Morgan fingerprint density at radius 3 is 2.79 bits per heavy atom. The summed E-state index contributed by atoms with van der Waals surface area (Å²) in [5.74, 6) is 2.43. The predicted molar refractivity (Wildman–Crippen MR) is 77.8 cm³/mol. The molecule has 1 fully saturated rings. The van der Waals surface area contributed by atoms with Crippen molar-refractivity contribution in [2.24, 2.45) is 5.92 Å². The summed E-state index contributed by atoms with van der Waals surface area (Å²) >= 11 is 6.05. The summed E-state index contributed by atoms with van der Waals surface area (Å²) in [7, 11) is 1.73. The van der Waals surface area contributed by atoms with Gasteiger partial charge in [0.05, 0.1) is 6.61 Å². The van der Waals surface area contributed by atoms with E-state index in [-0.39, 0.29) is 0 Å². The van der Waals surface area contributed by atoms with Crippen molar-refractivity contribution in [3.63, 3.8) is 0 Å². The van der Waals surface area contributed by atoms with E-state index in [0.717, 1.165) is 24.1 Å². The summed E-state index contributed by atoms with van der Waals surface area (Å²) in [4.78, 5) is 11.0. The highest BCUT2D eigenvalue weighted by Gasteiger charge is 2.28. The number of methoxy groups -OCH3 is 1. The maximum absolute atomic E-state index is 6.05. The van der Waals surface area contributed by atoms with Crippen LogP contribution in [0.1, 0.15) is 32.0 Å². The van der Waals surface area contributed by atoms with Gasteiger partial charge in [-0.05, 0) is 32.1 Å². The van der Waals surface area contributed by atoms with Gasteiger partial charge in [0.2, 0.25) is 0 Å². The molecular formula is C14H22ClN3O. The zero-order chi connectivity index (χ0) is 13.8. The highest BCUT2D eigenvalue weighted by Crippen LogP contribution is 2.31. The third-order valence-electron chi connectivity index (χ3n) is 3.73. The van der Waals surface area contributed by atoms with Crippen LogP contribution in [0.25, 0.3) is 0 Å². The maximum Gasteiger partial charge on any atom is 0.134 e. The minimum atomic E-state index is 0.510. The third kappa shape index (κ3) is 3.80. The third-order valence-corrected chi connectivity index (χ3v) is 3.93. The molecule has 0 aromatic carbocycles. The first-order valence-corrected chi connectivity index (χ1v) is 7.24. The van der Waals surface area contributed by atoms with Gasteiger partial charge in [0.15, 0.2) is 0 Å². The Labute approximate surface area is 120 Å². The summed E-state index contributed by atoms with van der Waals surface area (Å²) in [6.07, 6.45) is 3.71. The second-order valence-electron chi connectivity index (χ2n) is 5.35. The van der Waals surface area contributed by atoms with Crippen LogP contribution in [0.2, 0.25) is 5.15 Å². The molecule has 0 amide bonds. The van der Waals surface area contributed by atoms with Crippen LogP contribution in [0.4, 0.5) is 5.82 Å². The fourth-order valence-electron chi connectivity index (χ4n) is 2.80. The first kappa shape index (κ1) is 14.5. The van der Waals surface area contributed by atoms with Crippen molar-refractivity contribution in [1.82, 2.24) is 9.97 Å². The highest BCUT2D eigenvalue weighted by molar-refractivity contribution is 6.29. The average Bonchev–Trinajstić information content (AvgIpc) is 2.75. The SMILES string of the molecule is COCCN(c1cc(Cl)nc(C)n1)C1CCC(C)C1. The fraction of sp³-hybridized carbons (Fsp3) is 0.714. The van der Waals surface area contributed by atoms with Crippen molar-refractivity contribution in [3.05, 3.63) is 17.0 Å². The van der Waals surface area contributed by atoms with Crippen LogP contribution in [-0.4, -0.2) is 36.3 Å². The van der Waals surface area contributed by atoms with E-state index in [2.05, 4.69) is 21.8 Å². The second kappa shape index (κ2) is 6.53. The van der Waals surface area contributed by atoms with E-state index in [9.17, 15) is 0 Å². The molecule has 19 heavy (non-hydrogen) atoms. The first-order chi connectivity index (χ1) is 9.10. The Hall–Kier alpha value is -0.870. The molecule has 1 aromatic heterocycles. The molecule has 1 aromatic rings. The van der Waals surface area contributed by atoms with Gasteiger partial charge in [0.25, 0.3) is 0 Å². The number of hydrogen-bond acceptors (Lipinski definition) is 4. The molecular weight excluding hydrogens is 262 g/mol. The minimum Gasteiger partial charge on any atom is -0.383 e. The van der Waals surface area contributed by atoms with E-state index in [4.69, 9.17) is 16.3 Å². The smallest absolute Gasteiger partial charge is 0.134 e. The number of rotatable bonds is 5. The van der Waals surface area contributed by atoms with E-state index >= 15 is 0 Å². The molecule has 0 radical (unpaired) electrons. The normalized spacial score (nSPS) is 22.7. The number of aryl methyl sites for hydroxylation is 1. The summed E-state index contributed by atoms with van der Waals surface area (Å²) < 4.78 is 5.22. The molecule has 1 aliphatic rings. The van der Waals surface area contributed by atoms with Gasteiger partial charge in [0.1, 0.15) is 16.8 Å². The Morgan fingerprint density at radius 2 is 2.21 bits per heavy atom. The molecule has 0 bridgehead atoms. The number of aromatic nitrogens is 2. The number of halogens is 1. The molecule has 1 saturated carbocycles. The Balaban J connectivity index is 2.20. The van der Waals surface area contributed by atoms with Crippen LogP contribution in [0.5, 0.6) is 0 Å². The molecule has 4 nitrogen and oxygen atoms in total. The lowest BCUT2D eigenvalue weighted by atomic mass is 10.1. The molecule has 5 heteroatoms. The van der Waals surface area contributed by atoms with Crippen molar-refractivity contribution in [2.75, 3.05) is 25.2 Å². The number of anilines is 1. The quantitative estimate of drug-likeness (QED) is 0.779. The molecule has 0 N–H and O–H groups in total. The maximum atomic E-state index is 6.05. The lowest BCUT2D eigenvalue weighted by Crippen LogP contribution is -2.37. The summed E-state index contributed by atoms with van der Waals surface area (Å²) in [5, 5.41) is 0.510. The fourth-order valence-corrected chi connectivity index (χ4v) is 3.02. The molecule has 2 unspecified atom stereocenters. The Kier molecular flexibility index (Phi) is 4.99. The summed E-state index contributed by atoms with van der Waals surface area (Å²) in [6, 6.07) is 2.39. The Morgan fingerprint density at radius 1 is 1.42 bits per heavy atom. The minimum absolute atomic E-state index is 0.510. The largest absolute Gasteiger partial charge is 0.383 e. The molecule has 0 aliphatic heterocycles. The van der Waals surface area contributed by atoms with Crippen LogP contribution in [0.3, 0.4) is 0 Å². The van der Waals surface area contributed by atoms with Gasteiger partial charge < -0.3 is 9.64 Å². The van der Waals surface area contributed by atoms with Gasteiger partial charge in [-0.1, -0.05) is 18.5 Å². The summed E-state index contributed by atoms with van der Waals surface area (Å²) in [6.45, 7) is 5.74. The van der Waals surface area contributed by atoms with Crippen LogP contribution in [-0.2, 0) is 4.74 Å². The van der Waals surface area contributed by atoms with Gasteiger partial charge in [-0.15, -0.1) is 0 Å². The number of hydrogen-bond donors (Lipinski definition) is 0. The van der Waals surface area contributed by atoms with Gasteiger partial charge >= 0.3 is 0 Å². The number of ether oxygens (including phenoxy) is 1. The van der Waals surface area contributed by atoms with Crippen molar-refractivity contribution in [1.29, 1.82) is 0 Å². The van der Waals surface area contributed by atoms with E-state index in [1.807, 2.05) is 13.0 Å². The van der Waals surface area contributed by atoms with Crippen molar-refractivity contribution < 1.29 is 4.74 Å². The van der Waals surface area contributed by atoms with Crippen LogP contribution >= 0.6 is 11.6 Å². The highest BCUT2D eigenvalue weighted by atomic mass is 35.5. The zero-order valence-corrected chi connectivity index (χ0v) is 12.7. The molecule has 0 saturated heterocycles. The van der Waals surface area contributed by atoms with Gasteiger partial charge in [-0.2, -0.15) is 0 Å².